The summed E-state index contributed by atoms with van der Waals surface area (Å²) in [4.78, 5) is 20.7. The highest BCUT2D eigenvalue weighted by Gasteiger charge is 2.20. The molecular formula is C18H21N5O3. The fourth-order valence-corrected chi connectivity index (χ4v) is 2.40. The molecule has 0 fully saturated rings. The first-order valence-electron chi connectivity index (χ1n) is 8.12. The van der Waals surface area contributed by atoms with E-state index in [1.807, 2.05) is 32.9 Å². The average molecular weight is 355 g/mol. The topological polar surface area (TPSA) is 91.2 Å². The van der Waals surface area contributed by atoms with Crippen LogP contribution in [0.25, 0.3) is 10.9 Å². The molecule has 2 heterocycles. The molecule has 3 rings (SSSR count). The molecule has 136 valence electrons. The first-order chi connectivity index (χ1) is 12.3. The number of rotatable bonds is 3. The van der Waals surface area contributed by atoms with Crippen LogP contribution in [-0.2, 0) is 4.74 Å². The molecule has 0 saturated carbocycles. The first-order valence-corrected chi connectivity index (χ1v) is 8.12. The van der Waals surface area contributed by atoms with Gasteiger partial charge in [0, 0.05) is 11.1 Å². The Hall–Kier alpha value is -3.16. The Morgan fingerprint density at radius 1 is 1.23 bits per heavy atom. The van der Waals surface area contributed by atoms with Gasteiger partial charge >= 0.3 is 6.09 Å². The Balaban J connectivity index is 1.90. The van der Waals surface area contributed by atoms with Gasteiger partial charge in [-0.3, -0.25) is 0 Å². The van der Waals surface area contributed by atoms with Crippen molar-refractivity contribution in [3.05, 3.63) is 36.4 Å². The van der Waals surface area contributed by atoms with Crippen molar-refractivity contribution >= 4 is 28.5 Å². The number of nitrogens with one attached hydrogen (secondary N) is 1. The maximum atomic E-state index is 12.3. The lowest BCUT2D eigenvalue weighted by Gasteiger charge is -2.19. The monoisotopic (exact) mass is 355 g/mol. The molecule has 0 aliphatic heterocycles. The Morgan fingerprint density at radius 2 is 2.00 bits per heavy atom. The largest absolute Gasteiger partial charge is 0.491 e. The summed E-state index contributed by atoms with van der Waals surface area (Å²) in [6.07, 6.45) is 2.72. The van der Waals surface area contributed by atoms with Crippen molar-refractivity contribution in [2.45, 2.75) is 33.3 Å². The molecule has 0 amide bonds. The van der Waals surface area contributed by atoms with Gasteiger partial charge in [-0.2, -0.15) is 9.78 Å². The summed E-state index contributed by atoms with van der Waals surface area (Å²) in [6, 6.07) is 5.51. The van der Waals surface area contributed by atoms with Crippen LogP contribution in [0.4, 0.5) is 16.3 Å². The van der Waals surface area contributed by atoms with Crippen molar-refractivity contribution in [3.63, 3.8) is 0 Å². The van der Waals surface area contributed by atoms with E-state index in [4.69, 9.17) is 9.47 Å². The van der Waals surface area contributed by atoms with Gasteiger partial charge in [0.15, 0.2) is 11.6 Å². The summed E-state index contributed by atoms with van der Waals surface area (Å²) in [5.74, 6) is 1.74. The van der Waals surface area contributed by atoms with Crippen molar-refractivity contribution in [2.24, 2.45) is 0 Å². The fourth-order valence-electron chi connectivity index (χ4n) is 2.40. The predicted molar refractivity (Wildman–Crippen MR) is 98.0 cm³/mol. The molecule has 3 aromatic rings. The van der Waals surface area contributed by atoms with E-state index in [9.17, 15) is 4.79 Å². The van der Waals surface area contributed by atoms with Crippen LogP contribution < -0.4 is 10.1 Å². The Bertz CT molecular complexity index is 959. The van der Waals surface area contributed by atoms with E-state index in [-0.39, 0.29) is 0 Å². The molecule has 0 radical (unpaired) electrons. The Labute approximate surface area is 151 Å². The van der Waals surface area contributed by atoms with Gasteiger partial charge in [-0.1, -0.05) is 0 Å². The maximum absolute atomic E-state index is 12.3. The minimum atomic E-state index is -0.585. The molecule has 2 aromatic heterocycles. The number of ether oxygens (including phenoxy) is 2. The highest BCUT2D eigenvalue weighted by atomic mass is 16.6. The van der Waals surface area contributed by atoms with Gasteiger partial charge in [-0.25, -0.2) is 14.8 Å². The fraction of sp³-hybridized carbons (Fsp3) is 0.333. The molecular weight excluding hydrogens is 334 g/mol. The molecule has 0 aliphatic carbocycles. The SMILES string of the molecule is COc1cnc(C)nc1Nc1ccc2c(cnn2C(=O)OC(C)(C)C)c1. The van der Waals surface area contributed by atoms with Gasteiger partial charge in [0.1, 0.15) is 11.4 Å². The number of anilines is 2. The molecule has 0 saturated heterocycles. The van der Waals surface area contributed by atoms with Crippen LogP contribution in [0.15, 0.2) is 30.6 Å². The smallest absolute Gasteiger partial charge is 0.435 e. The molecule has 8 nitrogen and oxygen atoms in total. The lowest BCUT2D eigenvalue weighted by Crippen LogP contribution is -2.27. The van der Waals surface area contributed by atoms with E-state index in [2.05, 4.69) is 20.4 Å². The molecule has 0 aliphatic rings. The third kappa shape index (κ3) is 3.74. The van der Waals surface area contributed by atoms with E-state index < -0.39 is 11.7 Å². The standard InChI is InChI=1S/C18H21N5O3/c1-11-19-10-15(25-5)16(21-11)22-13-6-7-14-12(8-13)9-20-23(14)17(24)26-18(2,3)4/h6-10H,1-5H3,(H,19,21,22). The molecule has 8 heteroatoms. The van der Waals surface area contributed by atoms with Gasteiger partial charge in [0.05, 0.1) is 25.0 Å². The van der Waals surface area contributed by atoms with Crippen LogP contribution in [0.3, 0.4) is 0 Å². The highest BCUT2D eigenvalue weighted by Crippen LogP contribution is 2.27. The number of nitrogens with zero attached hydrogens (tertiary/aromatic N) is 4. The number of carbonyl (C=O) groups is 1. The van der Waals surface area contributed by atoms with Gasteiger partial charge in [0.2, 0.25) is 0 Å². The molecule has 0 bridgehead atoms. The molecule has 0 spiro atoms. The van der Waals surface area contributed by atoms with Crippen molar-refractivity contribution in [1.82, 2.24) is 19.7 Å². The summed E-state index contributed by atoms with van der Waals surface area (Å²) in [5.41, 5.74) is 0.867. The number of hydrogen-bond acceptors (Lipinski definition) is 7. The van der Waals surface area contributed by atoms with Gasteiger partial charge in [-0.15, -0.1) is 0 Å². The zero-order valence-corrected chi connectivity index (χ0v) is 15.4. The summed E-state index contributed by atoms with van der Waals surface area (Å²) in [5, 5.41) is 8.14. The second kappa shape index (κ2) is 6.62. The minimum absolute atomic E-state index is 0.513. The predicted octanol–water partition coefficient (Wildman–Crippen LogP) is 3.67. The maximum Gasteiger partial charge on any atom is 0.435 e. The van der Waals surface area contributed by atoms with Crippen molar-refractivity contribution in [2.75, 3.05) is 12.4 Å². The third-order valence-corrected chi connectivity index (χ3v) is 3.49. The van der Waals surface area contributed by atoms with Crippen LogP contribution in [0.2, 0.25) is 0 Å². The molecule has 0 atom stereocenters. The van der Waals surface area contributed by atoms with Crippen molar-refractivity contribution < 1.29 is 14.3 Å². The van der Waals surface area contributed by atoms with E-state index >= 15 is 0 Å². The van der Waals surface area contributed by atoms with Crippen LogP contribution >= 0.6 is 0 Å². The quantitative estimate of drug-likeness (QED) is 0.766. The average Bonchev–Trinajstić information content (AvgIpc) is 2.97. The molecule has 1 aromatic carbocycles. The van der Waals surface area contributed by atoms with E-state index in [1.165, 1.54) is 4.68 Å². The summed E-state index contributed by atoms with van der Waals surface area (Å²) in [7, 11) is 1.56. The molecule has 1 N–H and O–H groups in total. The van der Waals surface area contributed by atoms with E-state index in [0.29, 0.717) is 22.9 Å². The summed E-state index contributed by atoms with van der Waals surface area (Å²) >= 11 is 0. The van der Waals surface area contributed by atoms with Gasteiger partial charge in [0.25, 0.3) is 0 Å². The lowest BCUT2D eigenvalue weighted by molar-refractivity contribution is 0.0522. The zero-order valence-electron chi connectivity index (χ0n) is 15.4. The van der Waals surface area contributed by atoms with E-state index in [1.54, 1.807) is 32.5 Å². The minimum Gasteiger partial charge on any atom is -0.491 e. The normalized spacial score (nSPS) is 11.4. The molecule has 26 heavy (non-hydrogen) atoms. The van der Waals surface area contributed by atoms with Crippen LogP contribution in [0, 0.1) is 6.92 Å². The zero-order chi connectivity index (χ0) is 18.9. The van der Waals surface area contributed by atoms with Crippen LogP contribution in [0.5, 0.6) is 5.75 Å². The second-order valence-corrected chi connectivity index (χ2v) is 6.77. The Morgan fingerprint density at radius 3 is 2.69 bits per heavy atom. The number of benzene rings is 1. The van der Waals surface area contributed by atoms with Gasteiger partial charge in [-0.05, 0) is 45.9 Å². The number of fused-ring (bicyclic) bond motifs is 1. The van der Waals surface area contributed by atoms with Gasteiger partial charge < -0.3 is 14.8 Å². The van der Waals surface area contributed by atoms with Crippen LogP contribution in [0.1, 0.15) is 26.6 Å². The van der Waals surface area contributed by atoms with Crippen molar-refractivity contribution in [3.8, 4) is 5.75 Å². The number of carbonyl (C=O) groups excluding carboxylic acids is 1. The number of hydrogen-bond donors (Lipinski definition) is 1. The summed E-state index contributed by atoms with van der Waals surface area (Å²) < 4.78 is 11.9. The lowest BCUT2D eigenvalue weighted by atomic mass is 10.2. The van der Waals surface area contributed by atoms with E-state index in [0.717, 1.165) is 11.1 Å². The Kier molecular flexibility index (Phi) is 4.50. The number of methoxy groups -OCH3 is 1. The summed E-state index contributed by atoms with van der Waals surface area (Å²) in [6.45, 7) is 7.25. The third-order valence-electron chi connectivity index (χ3n) is 3.49. The highest BCUT2D eigenvalue weighted by molar-refractivity contribution is 5.90. The second-order valence-electron chi connectivity index (χ2n) is 6.77. The van der Waals surface area contributed by atoms with Crippen LogP contribution in [-0.4, -0.2) is 38.6 Å². The molecule has 0 unspecified atom stereocenters. The first kappa shape index (κ1) is 17.7. The number of aryl methyl sites for hydroxylation is 1. The van der Waals surface area contributed by atoms with Crippen molar-refractivity contribution in [1.29, 1.82) is 0 Å². The number of aromatic nitrogens is 4.